The number of fused-ring (bicyclic) bond motifs is 20. The molecular formula is C104H64F4N12S8Zn. The summed E-state index contributed by atoms with van der Waals surface area (Å²) >= 11 is 10.2. The average Bonchev–Trinajstić information content (AvgIpc) is 1.57. The van der Waals surface area contributed by atoms with Crippen LogP contribution in [0.15, 0.2) is 442 Å². The first-order chi connectivity index (χ1) is 63.1. The Morgan fingerprint density at radius 1 is 0.186 bits per heavy atom. The van der Waals surface area contributed by atoms with Gasteiger partial charge in [0, 0.05) is 117 Å². The molecule has 25 heteroatoms. The number of nitrogens with zero attached hydrogens (tertiary/aromatic N) is 8. The van der Waals surface area contributed by atoms with Crippen LogP contribution in [0.1, 0.15) is 0 Å². The molecule has 0 unspecified atom stereocenters. The molecule has 2 aliphatic heterocycles. The van der Waals surface area contributed by atoms with Gasteiger partial charge in [0.1, 0.15) is 23.3 Å². The quantitative estimate of drug-likeness (QED) is 0.0335. The van der Waals surface area contributed by atoms with Gasteiger partial charge in [-0.3, -0.25) is 0 Å². The number of para-hydroxylation sites is 4. The number of benzene rings is 16. The second kappa shape index (κ2) is 37.9. The van der Waals surface area contributed by atoms with E-state index < -0.39 is 23.3 Å². The first-order valence-electron chi connectivity index (χ1n) is 40.5. The van der Waals surface area contributed by atoms with Crippen molar-refractivity contribution in [3.63, 3.8) is 0 Å². The molecule has 0 saturated carbocycles. The maximum Gasteiger partial charge on any atom is 2.00 e. The van der Waals surface area contributed by atoms with Crippen molar-refractivity contribution in [2.24, 2.45) is 0 Å². The standard InChI is InChI=1S/C104H64F4N12S8.Zn/c105-81-73-77(85(109-61-37-13-1-14-38-61)93(125-69-53-29-9-30-54-69)89(81)121-65-45-21-5-22-46-65)101-113-97(73)118-102-79-75(83(107)91(123-67-49-25-7-26-50-67)95(127-71-57-33-11-34-58-71)87(79)111-63-41-17-3-18-42-63)99(115-102)120-104-80-76(84(108)92(124-68-51-27-8-28-52-68)96(128-72-59-35-12-36-60-72)88(80)112-64-43-19-4-20-44-64)100(116-104)119-103-78-74(98(114-103)117-101)82(106)90(122-66-47-23-6-24-48-66)94(126-70-55-31-10-32-56-70)86(78)110-62-39-15-2-16-40-62;/h1-60,109-112H;/q-2;+2. The third-order valence-corrected chi connectivity index (χ3v) is 30.1. The van der Waals surface area contributed by atoms with Gasteiger partial charge < -0.3 is 51.2 Å². The average molecular weight is 1880 g/mol. The number of hydrogen-bond acceptors (Lipinski definition) is 18. The van der Waals surface area contributed by atoms with Crippen molar-refractivity contribution >= 4 is 184 Å². The minimum absolute atomic E-state index is 0. The van der Waals surface area contributed by atoms with Gasteiger partial charge in [-0.15, -0.1) is 0 Å². The molecule has 5 heterocycles. The summed E-state index contributed by atoms with van der Waals surface area (Å²) in [4.78, 5) is 53.1. The van der Waals surface area contributed by atoms with Gasteiger partial charge in [-0.2, -0.15) is 0 Å². The second-order valence-electron chi connectivity index (χ2n) is 29.2. The van der Waals surface area contributed by atoms with Crippen LogP contribution in [0.2, 0.25) is 0 Å². The fraction of sp³-hybridized carbons (Fsp3) is 0. The van der Waals surface area contributed by atoms with E-state index >= 15 is 17.6 Å². The van der Waals surface area contributed by atoms with Crippen molar-refractivity contribution < 1.29 is 37.0 Å². The summed E-state index contributed by atoms with van der Waals surface area (Å²) in [6, 6.07) is 115. The van der Waals surface area contributed by atoms with E-state index in [1.165, 1.54) is 94.1 Å². The Balaban J connectivity index is 0.0000104. The maximum absolute atomic E-state index is 20.4. The van der Waals surface area contributed by atoms with Crippen molar-refractivity contribution in [1.29, 1.82) is 0 Å². The first-order valence-corrected chi connectivity index (χ1v) is 47.1. The van der Waals surface area contributed by atoms with Crippen molar-refractivity contribution in [3.05, 3.63) is 387 Å². The van der Waals surface area contributed by atoms with Crippen LogP contribution in [0.5, 0.6) is 0 Å². The van der Waals surface area contributed by atoms with Gasteiger partial charge in [-0.1, -0.05) is 312 Å². The topological polar surface area (TPSA) is 154 Å². The molecule has 0 aliphatic carbocycles. The number of rotatable bonds is 24. The number of hydrogen-bond donors (Lipinski definition) is 4. The van der Waals surface area contributed by atoms with Gasteiger partial charge >= 0.3 is 19.5 Å². The van der Waals surface area contributed by atoms with E-state index in [0.29, 0.717) is 84.7 Å². The molecule has 0 atom stereocenters. The van der Waals surface area contributed by atoms with E-state index in [1.807, 2.05) is 364 Å². The molecule has 0 spiro atoms. The molecule has 618 valence electrons. The Morgan fingerprint density at radius 3 is 0.597 bits per heavy atom. The van der Waals surface area contributed by atoms with E-state index in [0.717, 1.165) is 19.6 Å². The number of halogens is 4. The van der Waals surface area contributed by atoms with Crippen LogP contribution in [0.4, 0.5) is 63.1 Å². The SMILES string of the molecule is Fc1c(Sc2ccccc2)c(Sc2ccccc2)c(Nc2ccccc2)c2c1-c1nc-2nc2[n-]c(nc3nc(nc4[n-]c(n1)c1c(Nc5ccccc5)c(Sc5ccccc5)c(Sc5ccccc5)c(F)c41)-c1c(Nc4ccccc4)c(Sc4ccccc4)c(Sc4ccccc4)c(F)c1-3)c1c(Nc3ccccc3)c(Sc3ccccc3)c(Sc3ccccc3)c(F)c21.[Zn+2]. The van der Waals surface area contributed by atoms with Crippen LogP contribution in [0.25, 0.3) is 89.7 Å². The monoisotopic (exact) mass is 1880 g/mol. The van der Waals surface area contributed by atoms with Gasteiger partial charge in [0.25, 0.3) is 0 Å². The summed E-state index contributed by atoms with van der Waals surface area (Å²) in [5.41, 5.74) is 2.94. The summed E-state index contributed by atoms with van der Waals surface area (Å²) < 4.78 is 81.7. The molecule has 0 saturated heterocycles. The molecule has 3 aromatic heterocycles. The van der Waals surface area contributed by atoms with Crippen molar-refractivity contribution in [1.82, 2.24) is 39.9 Å². The molecule has 129 heavy (non-hydrogen) atoms. The second-order valence-corrected chi connectivity index (χ2v) is 37.8. The van der Waals surface area contributed by atoms with Crippen LogP contribution in [0, 0.1) is 23.3 Å². The van der Waals surface area contributed by atoms with Crippen molar-refractivity contribution in [2.75, 3.05) is 21.3 Å². The third kappa shape index (κ3) is 17.4. The normalized spacial score (nSPS) is 11.4. The number of anilines is 8. The van der Waals surface area contributed by atoms with E-state index in [9.17, 15) is 0 Å². The van der Waals surface area contributed by atoms with Crippen molar-refractivity contribution in [3.8, 4) is 45.6 Å². The van der Waals surface area contributed by atoms with Crippen LogP contribution in [0.3, 0.4) is 0 Å². The predicted octanol–water partition coefficient (Wildman–Crippen LogP) is 30.9. The number of aromatic nitrogens is 8. The minimum Gasteiger partial charge on any atom is -0.357 e. The van der Waals surface area contributed by atoms with E-state index in [4.69, 9.17) is 39.9 Å². The third-order valence-electron chi connectivity index (χ3n) is 20.8. The van der Waals surface area contributed by atoms with Crippen LogP contribution < -0.4 is 31.2 Å². The summed E-state index contributed by atoms with van der Waals surface area (Å²) in [5, 5.41) is 15.1. The fourth-order valence-corrected chi connectivity index (χ4v) is 23.6. The molecule has 0 amide bonds. The Kier molecular flexibility index (Phi) is 24.8. The molecule has 0 radical (unpaired) electrons. The Hall–Kier alpha value is -12.8. The molecule has 8 bridgehead atoms. The zero-order valence-corrected chi connectivity index (χ0v) is 77.2. The number of nitrogens with one attached hydrogen (secondary N) is 4. The summed E-state index contributed by atoms with van der Waals surface area (Å²) in [7, 11) is 0. The summed E-state index contributed by atoms with van der Waals surface area (Å²) in [6.45, 7) is 0. The molecule has 21 rings (SSSR count). The largest absolute Gasteiger partial charge is 2.00 e. The zero-order chi connectivity index (χ0) is 86.0. The van der Waals surface area contributed by atoms with Gasteiger partial charge in [-0.25, -0.2) is 27.5 Å². The smallest absolute Gasteiger partial charge is 0.357 e. The Bertz CT molecular complexity index is 7130. The summed E-state index contributed by atoms with van der Waals surface area (Å²) in [5.74, 6) is -3.82. The first kappa shape index (κ1) is 84.4. The van der Waals surface area contributed by atoms with Gasteiger partial charge in [0.15, 0.2) is 0 Å². The predicted molar refractivity (Wildman–Crippen MR) is 517 cm³/mol. The molecule has 0 fully saturated rings. The molecule has 2 aliphatic rings. The molecule has 4 N–H and O–H groups in total. The van der Waals surface area contributed by atoms with Crippen LogP contribution in [-0.4, -0.2) is 29.9 Å². The summed E-state index contributed by atoms with van der Waals surface area (Å²) in [6.07, 6.45) is 0. The van der Waals surface area contributed by atoms with Crippen LogP contribution in [-0.2, 0) is 19.5 Å². The Labute approximate surface area is 785 Å². The fourth-order valence-electron chi connectivity index (χ4n) is 15.1. The van der Waals surface area contributed by atoms with Gasteiger partial charge in [-0.05, 0) is 146 Å². The van der Waals surface area contributed by atoms with E-state index in [-0.39, 0.29) is 129 Å². The molecular weight excluding hydrogens is 1820 g/mol. The zero-order valence-electron chi connectivity index (χ0n) is 67.7. The van der Waals surface area contributed by atoms with Crippen LogP contribution >= 0.6 is 94.1 Å². The van der Waals surface area contributed by atoms with Crippen molar-refractivity contribution in [2.45, 2.75) is 78.3 Å². The van der Waals surface area contributed by atoms with E-state index in [2.05, 4.69) is 21.3 Å². The van der Waals surface area contributed by atoms with Gasteiger partial charge in [0.2, 0.25) is 0 Å². The minimum atomic E-state index is -0.747. The van der Waals surface area contributed by atoms with Gasteiger partial charge in [0.05, 0.1) is 96.3 Å². The maximum atomic E-state index is 20.4. The van der Waals surface area contributed by atoms with E-state index in [1.54, 1.807) is 0 Å². The molecule has 19 aromatic rings. The molecule has 16 aromatic carbocycles. The molecule has 12 nitrogen and oxygen atoms in total. The Morgan fingerprint density at radius 2 is 0.364 bits per heavy atom.